The highest BCUT2D eigenvalue weighted by atomic mass is 16.6. The van der Waals surface area contributed by atoms with Gasteiger partial charge in [-0.15, -0.1) is 0 Å². The zero-order chi connectivity index (χ0) is 19.5. The monoisotopic (exact) mass is 364 g/mol. The molecule has 1 amide bonds. The number of carbonyl (C=O) groups is 2. The fraction of sp³-hybridized carbons (Fsp3) is 0.700. The van der Waals surface area contributed by atoms with Crippen molar-refractivity contribution in [2.75, 3.05) is 0 Å². The first-order valence-electron chi connectivity index (χ1n) is 9.48. The third-order valence-corrected chi connectivity index (χ3v) is 4.94. The normalized spacial score (nSPS) is 17.0. The van der Waals surface area contributed by atoms with E-state index in [0.29, 0.717) is 6.04 Å². The van der Waals surface area contributed by atoms with Crippen molar-refractivity contribution in [3.05, 3.63) is 23.0 Å². The van der Waals surface area contributed by atoms with Crippen molar-refractivity contribution in [2.45, 2.75) is 90.8 Å². The van der Waals surface area contributed by atoms with Gasteiger partial charge in [-0.05, 0) is 59.1 Å². The van der Waals surface area contributed by atoms with Crippen LogP contribution in [-0.2, 0) is 16.0 Å². The van der Waals surface area contributed by atoms with Crippen LogP contribution in [0.2, 0.25) is 0 Å². The van der Waals surface area contributed by atoms with Crippen molar-refractivity contribution in [3.63, 3.8) is 0 Å². The zero-order valence-electron chi connectivity index (χ0n) is 16.6. The first-order valence-corrected chi connectivity index (χ1v) is 9.48. The number of ether oxygens (including phenoxy) is 1. The quantitative estimate of drug-likeness (QED) is 0.823. The Bertz CT molecular complexity index is 652. The second-order valence-corrected chi connectivity index (χ2v) is 8.30. The number of aryl methyl sites for hydroxylation is 1. The molecular formula is C20H32N2O4. The lowest BCUT2D eigenvalue weighted by atomic mass is 9.95. The van der Waals surface area contributed by atoms with Crippen LogP contribution in [0.25, 0.3) is 0 Å². The summed E-state index contributed by atoms with van der Waals surface area (Å²) < 4.78 is 7.54. The molecule has 0 spiro atoms. The number of hydrogen-bond donors (Lipinski definition) is 2. The average molecular weight is 364 g/mol. The largest absolute Gasteiger partial charge is 0.480 e. The highest BCUT2D eigenvalue weighted by molar-refractivity contribution is 5.80. The van der Waals surface area contributed by atoms with Crippen molar-refractivity contribution in [1.29, 1.82) is 0 Å². The van der Waals surface area contributed by atoms with Crippen LogP contribution in [-0.4, -0.2) is 33.4 Å². The molecule has 0 radical (unpaired) electrons. The molecule has 6 heteroatoms. The molecule has 2 rings (SSSR count). The molecule has 1 aromatic rings. The van der Waals surface area contributed by atoms with Gasteiger partial charge >= 0.3 is 12.1 Å². The van der Waals surface area contributed by atoms with E-state index in [0.717, 1.165) is 17.0 Å². The number of hydrogen-bond acceptors (Lipinski definition) is 3. The summed E-state index contributed by atoms with van der Waals surface area (Å²) in [5, 5.41) is 12.0. The molecular weight excluding hydrogens is 332 g/mol. The predicted octanol–water partition coefficient (Wildman–Crippen LogP) is 4.13. The standard InChI is InChI=1S/C20H32N2O4/c1-13-11-15(14(2)22(13)16-9-7-6-8-10-16)12-17(18(23)24)21-19(25)26-20(3,4)5/h11,16-17H,6-10,12H2,1-5H3,(H,21,25)(H,23,24). The van der Waals surface area contributed by atoms with E-state index in [1.807, 2.05) is 6.92 Å². The number of aliphatic carboxylic acids is 1. The minimum atomic E-state index is -1.06. The second-order valence-electron chi connectivity index (χ2n) is 8.30. The maximum atomic E-state index is 12.0. The van der Waals surface area contributed by atoms with Crippen LogP contribution >= 0.6 is 0 Å². The van der Waals surface area contributed by atoms with Crippen molar-refractivity contribution in [2.24, 2.45) is 0 Å². The van der Waals surface area contributed by atoms with Crippen LogP contribution < -0.4 is 5.32 Å². The Kier molecular flexibility index (Phi) is 6.37. The molecule has 26 heavy (non-hydrogen) atoms. The van der Waals surface area contributed by atoms with E-state index in [4.69, 9.17) is 4.74 Å². The van der Waals surface area contributed by atoms with E-state index in [2.05, 4.69) is 22.9 Å². The van der Waals surface area contributed by atoms with Crippen LogP contribution in [0.5, 0.6) is 0 Å². The first kappa shape index (κ1) is 20.3. The Hall–Kier alpha value is -1.98. The van der Waals surface area contributed by atoms with E-state index >= 15 is 0 Å². The number of carboxylic acid groups (broad SMARTS) is 1. The van der Waals surface area contributed by atoms with E-state index in [1.165, 1.54) is 32.1 Å². The molecule has 1 fully saturated rings. The van der Waals surface area contributed by atoms with Gasteiger partial charge in [0, 0.05) is 23.9 Å². The number of carboxylic acids is 1. The van der Waals surface area contributed by atoms with Crippen molar-refractivity contribution >= 4 is 12.1 Å². The maximum Gasteiger partial charge on any atom is 0.408 e. The molecule has 1 atom stereocenters. The van der Waals surface area contributed by atoms with Crippen LogP contribution in [0.15, 0.2) is 6.07 Å². The third kappa shape index (κ3) is 5.26. The van der Waals surface area contributed by atoms with Crippen molar-refractivity contribution in [1.82, 2.24) is 9.88 Å². The van der Waals surface area contributed by atoms with Crippen LogP contribution in [0.3, 0.4) is 0 Å². The molecule has 0 saturated heterocycles. The molecule has 0 bridgehead atoms. The molecule has 0 aromatic carbocycles. The van der Waals surface area contributed by atoms with Gasteiger partial charge in [-0.1, -0.05) is 19.3 Å². The minimum Gasteiger partial charge on any atom is -0.480 e. The smallest absolute Gasteiger partial charge is 0.408 e. The number of alkyl carbamates (subject to hydrolysis) is 1. The zero-order valence-corrected chi connectivity index (χ0v) is 16.6. The Morgan fingerprint density at radius 3 is 2.42 bits per heavy atom. The summed E-state index contributed by atoms with van der Waals surface area (Å²) in [6.45, 7) is 9.37. The first-order chi connectivity index (χ1) is 12.1. The van der Waals surface area contributed by atoms with Gasteiger partial charge < -0.3 is 19.7 Å². The van der Waals surface area contributed by atoms with E-state index in [1.54, 1.807) is 20.8 Å². The molecule has 1 aromatic heterocycles. The van der Waals surface area contributed by atoms with Crippen LogP contribution in [0.4, 0.5) is 4.79 Å². The number of nitrogens with one attached hydrogen (secondary N) is 1. The Labute approximate surface area is 155 Å². The van der Waals surface area contributed by atoms with Crippen LogP contribution in [0.1, 0.15) is 75.9 Å². The van der Waals surface area contributed by atoms with Gasteiger partial charge in [0.25, 0.3) is 0 Å². The predicted molar refractivity (Wildman–Crippen MR) is 101 cm³/mol. The Morgan fingerprint density at radius 1 is 1.27 bits per heavy atom. The highest BCUT2D eigenvalue weighted by Crippen LogP contribution is 2.32. The number of aromatic nitrogens is 1. The highest BCUT2D eigenvalue weighted by Gasteiger charge is 2.27. The lowest BCUT2D eigenvalue weighted by Crippen LogP contribution is -2.44. The summed E-state index contributed by atoms with van der Waals surface area (Å²) in [4.78, 5) is 23.6. The lowest BCUT2D eigenvalue weighted by Gasteiger charge is -2.26. The molecule has 1 unspecified atom stereocenters. The van der Waals surface area contributed by atoms with Gasteiger partial charge in [0.05, 0.1) is 0 Å². The fourth-order valence-corrected chi connectivity index (χ4v) is 3.82. The summed E-state index contributed by atoms with van der Waals surface area (Å²) in [5.41, 5.74) is 2.57. The summed E-state index contributed by atoms with van der Waals surface area (Å²) in [5.74, 6) is -1.06. The summed E-state index contributed by atoms with van der Waals surface area (Å²) >= 11 is 0. The maximum absolute atomic E-state index is 12.0. The van der Waals surface area contributed by atoms with Gasteiger partial charge in [-0.2, -0.15) is 0 Å². The molecule has 0 aliphatic heterocycles. The summed E-state index contributed by atoms with van der Waals surface area (Å²) in [6.07, 6.45) is 5.68. The summed E-state index contributed by atoms with van der Waals surface area (Å²) in [7, 11) is 0. The van der Waals surface area contributed by atoms with Crippen LogP contribution in [0, 0.1) is 13.8 Å². The van der Waals surface area contributed by atoms with Gasteiger partial charge in [0.15, 0.2) is 0 Å². The third-order valence-electron chi connectivity index (χ3n) is 4.94. The number of nitrogens with zero attached hydrogens (tertiary/aromatic N) is 1. The molecule has 6 nitrogen and oxygen atoms in total. The van der Waals surface area contributed by atoms with Gasteiger partial charge in [-0.25, -0.2) is 9.59 Å². The Morgan fingerprint density at radius 2 is 1.88 bits per heavy atom. The van der Waals surface area contributed by atoms with Crippen molar-refractivity contribution < 1.29 is 19.4 Å². The molecule has 1 aliphatic carbocycles. The van der Waals surface area contributed by atoms with Gasteiger partial charge in [0.2, 0.25) is 0 Å². The number of carbonyl (C=O) groups excluding carboxylic acids is 1. The SMILES string of the molecule is Cc1cc(CC(NC(=O)OC(C)(C)C)C(=O)O)c(C)n1C1CCCCC1. The second kappa shape index (κ2) is 8.14. The number of rotatable bonds is 5. The lowest BCUT2D eigenvalue weighted by molar-refractivity contribution is -0.139. The van der Waals surface area contributed by atoms with Gasteiger partial charge in [-0.3, -0.25) is 0 Å². The van der Waals surface area contributed by atoms with E-state index in [9.17, 15) is 14.7 Å². The molecule has 1 saturated carbocycles. The molecule has 146 valence electrons. The molecule has 2 N–H and O–H groups in total. The molecule has 1 aliphatic rings. The average Bonchev–Trinajstić information content (AvgIpc) is 2.79. The molecule has 1 heterocycles. The van der Waals surface area contributed by atoms with Gasteiger partial charge in [0.1, 0.15) is 11.6 Å². The number of amides is 1. The Balaban J connectivity index is 2.13. The topological polar surface area (TPSA) is 80.6 Å². The minimum absolute atomic E-state index is 0.251. The fourth-order valence-electron chi connectivity index (χ4n) is 3.82. The summed E-state index contributed by atoms with van der Waals surface area (Å²) in [6, 6.07) is 1.54. The van der Waals surface area contributed by atoms with E-state index in [-0.39, 0.29) is 6.42 Å². The van der Waals surface area contributed by atoms with E-state index < -0.39 is 23.7 Å². The van der Waals surface area contributed by atoms with Crippen molar-refractivity contribution in [3.8, 4) is 0 Å².